The predicted octanol–water partition coefficient (Wildman–Crippen LogP) is 1.36. The number of carboxylic acid groups (broad SMARTS) is 1. The number of carboxylic acids is 1. The highest BCUT2D eigenvalue weighted by Gasteiger charge is 2.33. The number of benzene rings is 1. The monoisotopic (exact) mass is 332 g/mol. The molecule has 9 heteroatoms. The van der Waals surface area contributed by atoms with Crippen molar-refractivity contribution in [3.05, 3.63) is 57.4 Å². The fourth-order valence-electron chi connectivity index (χ4n) is 2.42. The van der Waals surface area contributed by atoms with Gasteiger partial charge in [-0.2, -0.15) is 5.10 Å². The first-order chi connectivity index (χ1) is 11.3. The Kier molecular flexibility index (Phi) is 4.93. The largest absolute Gasteiger partial charge is 0.480 e. The molecule has 0 aliphatic rings. The van der Waals surface area contributed by atoms with Crippen LogP contribution in [0.15, 0.2) is 30.3 Å². The van der Waals surface area contributed by atoms with Gasteiger partial charge in [-0.1, -0.05) is 30.3 Å². The van der Waals surface area contributed by atoms with Crippen molar-refractivity contribution in [1.82, 2.24) is 14.7 Å². The topological polar surface area (TPSA) is 119 Å². The minimum atomic E-state index is -1.21. The van der Waals surface area contributed by atoms with Crippen molar-refractivity contribution in [2.24, 2.45) is 7.05 Å². The lowest BCUT2D eigenvalue weighted by Gasteiger charge is -2.20. The zero-order valence-corrected chi connectivity index (χ0v) is 13.2. The molecule has 0 unspecified atom stereocenters. The summed E-state index contributed by atoms with van der Waals surface area (Å²) in [6.45, 7) is 0.871. The molecule has 9 nitrogen and oxygen atoms in total. The molecule has 2 aromatic rings. The number of hydrogen-bond acceptors (Lipinski definition) is 5. The molecule has 0 saturated carbocycles. The molecule has 0 aliphatic carbocycles. The van der Waals surface area contributed by atoms with Gasteiger partial charge in [0, 0.05) is 13.6 Å². The SMILES string of the molecule is Cc1nn(C)c(C(=O)N(CC(=O)O)Cc2ccccc2)c1[N+](=O)[O-]. The van der Waals surface area contributed by atoms with Crippen LogP contribution in [0, 0.1) is 17.0 Å². The van der Waals surface area contributed by atoms with E-state index in [4.69, 9.17) is 5.11 Å². The normalized spacial score (nSPS) is 10.4. The van der Waals surface area contributed by atoms with Crippen LogP contribution in [0.5, 0.6) is 0 Å². The van der Waals surface area contributed by atoms with Gasteiger partial charge in [0.2, 0.25) is 5.69 Å². The van der Waals surface area contributed by atoms with E-state index < -0.39 is 29.0 Å². The van der Waals surface area contributed by atoms with E-state index in [9.17, 15) is 19.7 Å². The Morgan fingerprint density at radius 2 is 1.96 bits per heavy atom. The number of rotatable bonds is 6. The van der Waals surface area contributed by atoms with Crippen LogP contribution < -0.4 is 0 Å². The van der Waals surface area contributed by atoms with E-state index >= 15 is 0 Å². The van der Waals surface area contributed by atoms with E-state index in [0.717, 1.165) is 9.58 Å². The second-order valence-corrected chi connectivity index (χ2v) is 5.20. The molecule has 2 rings (SSSR count). The molecule has 0 atom stereocenters. The number of aromatic nitrogens is 2. The molecule has 1 amide bonds. The van der Waals surface area contributed by atoms with Crippen LogP contribution in [0.1, 0.15) is 21.7 Å². The number of aliphatic carboxylic acids is 1. The number of aryl methyl sites for hydroxylation is 2. The van der Waals surface area contributed by atoms with Gasteiger partial charge in [0.1, 0.15) is 12.2 Å². The summed E-state index contributed by atoms with van der Waals surface area (Å²) in [6.07, 6.45) is 0. The van der Waals surface area contributed by atoms with Gasteiger partial charge in [-0.05, 0) is 12.5 Å². The number of carbonyl (C=O) groups is 2. The fraction of sp³-hybridized carbons (Fsp3) is 0.267. The summed E-state index contributed by atoms with van der Waals surface area (Å²) < 4.78 is 1.11. The van der Waals surface area contributed by atoms with E-state index in [0.29, 0.717) is 5.56 Å². The van der Waals surface area contributed by atoms with E-state index in [-0.39, 0.29) is 17.9 Å². The van der Waals surface area contributed by atoms with E-state index in [1.807, 2.05) is 0 Å². The Morgan fingerprint density at radius 1 is 1.33 bits per heavy atom. The van der Waals surface area contributed by atoms with Crippen molar-refractivity contribution < 1.29 is 19.6 Å². The summed E-state index contributed by atoms with van der Waals surface area (Å²) in [4.78, 5) is 35.4. The van der Waals surface area contributed by atoms with E-state index in [1.165, 1.54) is 14.0 Å². The summed E-state index contributed by atoms with van der Waals surface area (Å²) >= 11 is 0. The average Bonchev–Trinajstić information content (AvgIpc) is 2.81. The molecule has 126 valence electrons. The third-order valence-corrected chi connectivity index (χ3v) is 3.41. The zero-order valence-electron chi connectivity index (χ0n) is 13.2. The smallest absolute Gasteiger partial charge is 0.323 e. The first-order valence-electron chi connectivity index (χ1n) is 7.04. The molecule has 0 spiro atoms. The van der Waals surface area contributed by atoms with Crippen molar-refractivity contribution in [3.63, 3.8) is 0 Å². The second kappa shape index (κ2) is 6.90. The molecule has 1 heterocycles. The number of nitro groups is 1. The van der Waals surface area contributed by atoms with Crippen LogP contribution in [-0.2, 0) is 18.4 Å². The molecule has 1 N–H and O–H groups in total. The molecule has 0 radical (unpaired) electrons. The summed E-state index contributed by atoms with van der Waals surface area (Å²) in [5.41, 5.74) is 0.162. The third-order valence-electron chi connectivity index (χ3n) is 3.41. The van der Waals surface area contributed by atoms with Crippen molar-refractivity contribution in [3.8, 4) is 0 Å². The number of hydrogen-bond donors (Lipinski definition) is 1. The lowest BCUT2D eigenvalue weighted by molar-refractivity contribution is -0.385. The number of amides is 1. The summed E-state index contributed by atoms with van der Waals surface area (Å²) in [5, 5.41) is 24.2. The molecular formula is C15H16N4O5. The Labute approximate surface area is 137 Å². The van der Waals surface area contributed by atoms with Crippen LogP contribution in [0.3, 0.4) is 0 Å². The van der Waals surface area contributed by atoms with Gasteiger partial charge in [0.05, 0.1) is 4.92 Å². The number of carbonyl (C=O) groups excluding carboxylic acids is 1. The van der Waals surface area contributed by atoms with Crippen LogP contribution in [0.4, 0.5) is 5.69 Å². The molecule has 1 aromatic heterocycles. The zero-order chi connectivity index (χ0) is 17.9. The van der Waals surface area contributed by atoms with Gasteiger partial charge >= 0.3 is 11.7 Å². The van der Waals surface area contributed by atoms with Gasteiger partial charge in [0.25, 0.3) is 5.91 Å². The maximum Gasteiger partial charge on any atom is 0.323 e. The highest BCUT2D eigenvalue weighted by atomic mass is 16.6. The van der Waals surface area contributed by atoms with E-state index in [2.05, 4.69) is 5.10 Å². The molecule has 24 heavy (non-hydrogen) atoms. The van der Waals surface area contributed by atoms with Crippen molar-refractivity contribution in [1.29, 1.82) is 0 Å². The van der Waals surface area contributed by atoms with Crippen LogP contribution in [0.2, 0.25) is 0 Å². The lowest BCUT2D eigenvalue weighted by atomic mass is 10.2. The van der Waals surface area contributed by atoms with Gasteiger partial charge in [0.15, 0.2) is 0 Å². The Bertz CT molecular complexity index is 785. The van der Waals surface area contributed by atoms with Crippen LogP contribution >= 0.6 is 0 Å². The second-order valence-electron chi connectivity index (χ2n) is 5.20. The third kappa shape index (κ3) is 3.57. The molecule has 1 aromatic carbocycles. The van der Waals surface area contributed by atoms with Crippen molar-refractivity contribution in [2.75, 3.05) is 6.54 Å². The van der Waals surface area contributed by atoms with Crippen molar-refractivity contribution >= 4 is 17.6 Å². The molecule has 0 bridgehead atoms. The van der Waals surface area contributed by atoms with Crippen LogP contribution in [-0.4, -0.2) is 43.1 Å². The molecule has 0 saturated heterocycles. The maximum absolute atomic E-state index is 12.7. The summed E-state index contributed by atoms with van der Waals surface area (Å²) in [7, 11) is 1.41. The lowest BCUT2D eigenvalue weighted by Crippen LogP contribution is -2.36. The molecule has 0 aliphatic heterocycles. The summed E-state index contributed by atoms with van der Waals surface area (Å²) in [6, 6.07) is 8.79. The van der Waals surface area contributed by atoms with Crippen molar-refractivity contribution in [2.45, 2.75) is 13.5 Å². The minimum absolute atomic E-state index is 0.0212. The molecule has 0 fully saturated rings. The minimum Gasteiger partial charge on any atom is -0.480 e. The van der Waals surface area contributed by atoms with E-state index in [1.54, 1.807) is 30.3 Å². The summed E-state index contributed by atoms with van der Waals surface area (Å²) in [5.74, 6) is -1.96. The van der Waals surface area contributed by atoms with Gasteiger partial charge in [-0.3, -0.25) is 24.4 Å². The maximum atomic E-state index is 12.7. The Morgan fingerprint density at radius 3 is 2.50 bits per heavy atom. The Hall–Kier alpha value is -3.23. The van der Waals surface area contributed by atoms with Gasteiger partial charge in [-0.25, -0.2) is 0 Å². The average molecular weight is 332 g/mol. The predicted molar refractivity (Wildman–Crippen MR) is 83.4 cm³/mol. The quantitative estimate of drug-likeness (QED) is 0.630. The Balaban J connectivity index is 2.42. The first kappa shape index (κ1) is 17.1. The van der Waals surface area contributed by atoms with Gasteiger partial charge < -0.3 is 10.0 Å². The highest BCUT2D eigenvalue weighted by Crippen LogP contribution is 2.24. The highest BCUT2D eigenvalue weighted by molar-refractivity contribution is 5.98. The fourth-order valence-corrected chi connectivity index (χ4v) is 2.42. The molecular weight excluding hydrogens is 316 g/mol. The van der Waals surface area contributed by atoms with Gasteiger partial charge in [-0.15, -0.1) is 0 Å². The van der Waals surface area contributed by atoms with Crippen LogP contribution in [0.25, 0.3) is 0 Å². The first-order valence-corrected chi connectivity index (χ1v) is 7.04. The number of nitrogens with zero attached hydrogens (tertiary/aromatic N) is 4. The standard InChI is InChI=1S/C15H16N4O5/c1-10-13(19(23)24)14(17(2)16-10)15(22)18(9-12(20)21)8-11-6-4-3-5-7-11/h3-7H,8-9H2,1-2H3,(H,20,21).